The fourth-order valence-electron chi connectivity index (χ4n) is 4.21. The summed E-state index contributed by atoms with van der Waals surface area (Å²) >= 11 is 0. The standard InChI is InChI=1S/C24H25N3O4/c28-23(27-12-10-18(11-13-27)14-17-4-2-1-3-5-17)9-8-22-25-26-24(31-22)19-6-7-20-21(15-19)30-16-29-20/h1-7,15,18H,8-14,16H2. The summed E-state index contributed by atoms with van der Waals surface area (Å²) in [4.78, 5) is 14.6. The first-order valence-electron chi connectivity index (χ1n) is 10.8. The molecule has 0 radical (unpaired) electrons. The smallest absolute Gasteiger partial charge is 0.247 e. The number of rotatable bonds is 6. The molecule has 1 saturated heterocycles. The summed E-state index contributed by atoms with van der Waals surface area (Å²) in [5.41, 5.74) is 2.15. The normalized spacial score (nSPS) is 15.9. The number of nitrogens with zero attached hydrogens (tertiary/aromatic N) is 3. The number of amides is 1. The Morgan fingerprint density at radius 1 is 1.00 bits per heavy atom. The third-order valence-electron chi connectivity index (χ3n) is 5.97. The molecule has 1 aromatic heterocycles. The Morgan fingerprint density at radius 3 is 2.65 bits per heavy atom. The number of benzene rings is 2. The number of carbonyl (C=O) groups excluding carboxylic acids is 1. The summed E-state index contributed by atoms with van der Waals surface area (Å²) in [6.45, 7) is 1.87. The lowest BCUT2D eigenvalue weighted by molar-refractivity contribution is -0.132. The molecule has 31 heavy (non-hydrogen) atoms. The Morgan fingerprint density at radius 2 is 1.81 bits per heavy atom. The zero-order valence-corrected chi connectivity index (χ0v) is 17.3. The lowest BCUT2D eigenvalue weighted by Crippen LogP contribution is -2.39. The second kappa shape index (κ2) is 8.79. The van der Waals surface area contributed by atoms with Gasteiger partial charge in [-0.25, -0.2) is 0 Å². The highest BCUT2D eigenvalue weighted by Gasteiger charge is 2.23. The third kappa shape index (κ3) is 4.55. The fourth-order valence-corrected chi connectivity index (χ4v) is 4.21. The lowest BCUT2D eigenvalue weighted by Gasteiger charge is -2.32. The van der Waals surface area contributed by atoms with Crippen LogP contribution in [-0.2, 0) is 17.6 Å². The molecule has 2 aliphatic heterocycles. The predicted octanol–water partition coefficient (Wildman–Crippen LogP) is 3.88. The van der Waals surface area contributed by atoms with Gasteiger partial charge in [-0.15, -0.1) is 10.2 Å². The summed E-state index contributed by atoms with van der Waals surface area (Å²) < 4.78 is 16.5. The van der Waals surface area contributed by atoms with E-state index >= 15 is 0 Å². The molecule has 3 heterocycles. The molecule has 160 valence electrons. The van der Waals surface area contributed by atoms with E-state index in [-0.39, 0.29) is 12.7 Å². The van der Waals surface area contributed by atoms with E-state index in [2.05, 4.69) is 34.5 Å². The van der Waals surface area contributed by atoms with E-state index in [0.717, 1.165) is 37.9 Å². The van der Waals surface area contributed by atoms with Crippen LogP contribution in [0.1, 0.15) is 30.7 Å². The van der Waals surface area contributed by atoms with Crippen molar-refractivity contribution in [1.82, 2.24) is 15.1 Å². The van der Waals surface area contributed by atoms with Gasteiger partial charge in [0.25, 0.3) is 0 Å². The molecule has 0 spiro atoms. The van der Waals surface area contributed by atoms with Crippen LogP contribution in [0.15, 0.2) is 52.9 Å². The largest absolute Gasteiger partial charge is 0.454 e. The van der Waals surface area contributed by atoms with Crippen LogP contribution in [-0.4, -0.2) is 40.9 Å². The number of piperidine rings is 1. The van der Waals surface area contributed by atoms with Gasteiger partial charge in [0.1, 0.15) is 0 Å². The number of fused-ring (bicyclic) bond motifs is 1. The van der Waals surface area contributed by atoms with E-state index in [1.165, 1.54) is 5.56 Å². The SMILES string of the molecule is O=C(CCc1nnc(-c2ccc3c(c2)OCO3)o1)N1CCC(Cc2ccccc2)CC1. The first kappa shape index (κ1) is 19.6. The van der Waals surface area contributed by atoms with Crippen molar-refractivity contribution in [2.75, 3.05) is 19.9 Å². The van der Waals surface area contributed by atoms with Crippen LogP contribution < -0.4 is 9.47 Å². The van der Waals surface area contributed by atoms with Crippen molar-refractivity contribution in [2.45, 2.75) is 32.1 Å². The van der Waals surface area contributed by atoms with Gasteiger partial charge in [0.15, 0.2) is 11.5 Å². The van der Waals surface area contributed by atoms with Crippen LogP contribution in [0.2, 0.25) is 0 Å². The van der Waals surface area contributed by atoms with E-state index in [0.29, 0.717) is 42.0 Å². The van der Waals surface area contributed by atoms with Crippen molar-refractivity contribution < 1.29 is 18.7 Å². The molecular formula is C24H25N3O4. The van der Waals surface area contributed by atoms with Crippen molar-refractivity contribution in [3.05, 3.63) is 60.0 Å². The molecular weight excluding hydrogens is 394 g/mol. The molecule has 7 nitrogen and oxygen atoms in total. The highest BCUT2D eigenvalue weighted by atomic mass is 16.7. The van der Waals surface area contributed by atoms with Gasteiger partial charge in [-0.3, -0.25) is 4.79 Å². The van der Waals surface area contributed by atoms with Crippen LogP contribution in [0, 0.1) is 5.92 Å². The minimum absolute atomic E-state index is 0.154. The molecule has 7 heteroatoms. The van der Waals surface area contributed by atoms with E-state index in [1.807, 2.05) is 29.2 Å². The molecule has 0 atom stereocenters. The van der Waals surface area contributed by atoms with Crippen LogP contribution in [0.4, 0.5) is 0 Å². The molecule has 3 aromatic rings. The van der Waals surface area contributed by atoms with Crippen molar-refractivity contribution in [3.63, 3.8) is 0 Å². The van der Waals surface area contributed by atoms with Gasteiger partial charge >= 0.3 is 0 Å². The molecule has 0 saturated carbocycles. The number of hydrogen-bond donors (Lipinski definition) is 0. The molecule has 0 unspecified atom stereocenters. The van der Waals surface area contributed by atoms with E-state index in [9.17, 15) is 4.79 Å². The lowest BCUT2D eigenvalue weighted by atomic mass is 9.90. The molecule has 5 rings (SSSR count). The zero-order chi connectivity index (χ0) is 21.0. The van der Waals surface area contributed by atoms with Crippen LogP contribution in [0.5, 0.6) is 11.5 Å². The number of hydrogen-bond acceptors (Lipinski definition) is 6. The Bertz CT molecular complexity index is 1040. The Labute approximate surface area is 181 Å². The fraction of sp³-hybridized carbons (Fsp3) is 0.375. The Hall–Kier alpha value is -3.35. The first-order chi connectivity index (χ1) is 15.2. The van der Waals surface area contributed by atoms with Gasteiger partial charge in [-0.05, 0) is 48.9 Å². The average molecular weight is 419 g/mol. The van der Waals surface area contributed by atoms with Gasteiger partial charge in [0, 0.05) is 31.5 Å². The first-order valence-corrected chi connectivity index (χ1v) is 10.8. The summed E-state index contributed by atoms with van der Waals surface area (Å²) in [5.74, 6) is 3.07. The minimum atomic E-state index is 0.154. The molecule has 1 fully saturated rings. The average Bonchev–Trinajstić information content (AvgIpc) is 3.48. The monoisotopic (exact) mass is 419 g/mol. The number of carbonyl (C=O) groups is 1. The number of ether oxygens (including phenoxy) is 2. The van der Waals surface area contributed by atoms with Crippen molar-refractivity contribution in [1.29, 1.82) is 0 Å². The van der Waals surface area contributed by atoms with Crippen molar-refractivity contribution in [2.24, 2.45) is 5.92 Å². The second-order valence-electron chi connectivity index (χ2n) is 8.08. The van der Waals surface area contributed by atoms with E-state index in [1.54, 1.807) is 0 Å². The Kier molecular flexibility index (Phi) is 5.56. The van der Waals surface area contributed by atoms with Gasteiger partial charge in [-0.1, -0.05) is 30.3 Å². The minimum Gasteiger partial charge on any atom is -0.454 e. The molecule has 0 N–H and O–H groups in total. The van der Waals surface area contributed by atoms with Crippen molar-refractivity contribution >= 4 is 5.91 Å². The van der Waals surface area contributed by atoms with E-state index < -0.39 is 0 Å². The molecule has 1 amide bonds. The summed E-state index contributed by atoms with van der Waals surface area (Å²) in [7, 11) is 0. The summed E-state index contributed by atoms with van der Waals surface area (Å²) in [6, 6.07) is 16.1. The maximum absolute atomic E-state index is 12.6. The second-order valence-corrected chi connectivity index (χ2v) is 8.08. The molecule has 2 aliphatic rings. The van der Waals surface area contributed by atoms with Gasteiger partial charge in [0.2, 0.25) is 24.5 Å². The third-order valence-corrected chi connectivity index (χ3v) is 5.97. The molecule has 2 aromatic carbocycles. The highest BCUT2D eigenvalue weighted by molar-refractivity contribution is 5.76. The van der Waals surface area contributed by atoms with Gasteiger partial charge in [0.05, 0.1) is 0 Å². The van der Waals surface area contributed by atoms with Crippen LogP contribution in [0.3, 0.4) is 0 Å². The maximum atomic E-state index is 12.6. The van der Waals surface area contributed by atoms with Crippen LogP contribution >= 0.6 is 0 Å². The number of likely N-dealkylation sites (tertiary alicyclic amines) is 1. The molecule has 0 bridgehead atoms. The highest BCUT2D eigenvalue weighted by Crippen LogP contribution is 2.35. The summed E-state index contributed by atoms with van der Waals surface area (Å²) in [6.07, 6.45) is 4.02. The summed E-state index contributed by atoms with van der Waals surface area (Å²) in [5, 5.41) is 8.22. The van der Waals surface area contributed by atoms with Crippen LogP contribution in [0.25, 0.3) is 11.5 Å². The zero-order valence-electron chi connectivity index (χ0n) is 17.3. The number of aryl methyl sites for hydroxylation is 1. The molecule has 0 aliphatic carbocycles. The maximum Gasteiger partial charge on any atom is 0.247 e. The van der Waals surface area contributed by atoms with Gasteiger partial charge in [-0.2, -0.15) is 0 Å². The van der Waals surface area contributed by atoms with Gasteiger partial charge < -0.3 is 18.8 Å². The predicted molar refractivity (Wildman–Crippen MR) is 114 cm³/mol. The quantitative estimate of drug-likeness (QED) is 0.603. The Balaban J connectivity index is 1.11. The van der Waals surface area contributed by atoms with E-state index in [4.69, 9.17) is 13.9 Å². The number of aromatic nitrogens is 2. The van der Waals surface area contributed by atoms with Crippen molar-refractivity contribution in [3.8, 4) is 23.0 Å². The topological polar surface area (TPSA) is 77.7 Å².